The van der Waals surface area contributed by atoms with Crippen molar-refractivity contribution in [3.05, 3.63) is 42.0 Å². The molecule has 1 rings (SSSR count). The zero-order valence-corrected chi connectivity index (χ0v) is 9.34. The first-order chi connectivity index (χ1) is 7.93. The predicted octanol–water partition coefficient (Wildman–Crippen LogP) is 1.73. The van der Waals surface area contributed by atoms with Gasteiger partial charge in [-0.2, -0.15) is 0 Å². The standard InChI is InChI=1S/C13H18O3/c14-8-10-16-12-11-15-9-4-7-13-5-2-1-3-6-13/h1-7,14H,8-12H2. The molecule has 3 heteroatoms. The van der Waals surface area contributed by atoms with Crippen LogP contribution in [0.4, 0.5) is 0 Å². The summed E-state index contributed by atoms with van der Waals surface area (Å²) in [5, 5.41) is 8.46. The first-order valence-electron chi connectivity index (χ1n) is 5.41. The van der Waals surface area contributed by atoms with E-state index in [1.165, 1.54) is 5.56 Å². The number of hydrogen-bond donors (Lipinski definition) is 1. The monoisotopic (exact) mass is 222 g/mol. The molecule has 3 nitrogen and oxygen atoms in total. The smallest absolute Gasteiger partial charge is 0.0704 e. The van der Waals surface area contributed by atoms with Crippen LogP contribution in [0.3, 0.4) is 0 Å². The molecule has 0 fully saturated rings. The maximum absolute atomic E-state index is 8.46. The Hall–Kier alpha value is -1.16. The molecule has 0 spiro atoms. The highest BCUT2D eigenvalue weighted by atomic mass is 16.5. The molecule has 0 aliphatic heterocycles. The van der Waals surface area contributed by atoms with Crippen molar-refractivity contribution >= 4 is 6.08 Å². The second-order valence-electron chi connectivity index (χ2n) is 3.22. The molecular weight excluding hydrogens is 204 g/mol. The molecule has 0 amide bonds. The first kappa shape index (κ1) is 12.9. The van der Waals surface area contributed by atoms with Crippen LogP contribution in [0.1, 0.15) is 5.56 Å². The summed E-state index contributed by atoms with van der Waals surface area (Å²) in [5.74, 6) is 0. The summed E-state index contributed by atoms with van der Waals surface area (Å²) >= 11 is 0. The van der Waals surface area contributed by atoms with Gasteiger partial charge in [-0.1, -0.05) is 42.5 Å². The number of hydrogen-bond acceptors (Lipinski definition) is 3. The van der Waals surface area contributed by atoms with Crippen molar-refractivity contribution in [2.24, 2.45) is 0 Å². The maximum atomic E-state index is 8.46. The second kappa shape index (κ2) is 9.09. The Balaban J connectivity index is 2.01. The summed E-state index contributed by atoms with van der Waals surface area (Å²) in [6.45, 7) is 2.10. The van der Waals surface area contributed by atoms with Crippen LogP contribution in [0.5, 0.6) is 0 Å². The molecule has 1 aromatic rings. The van der Waals surface area contributed by atoms with Gasteiger partial charge in [0.25, 0.3) is 0 Å². The third kappa shape index (κ3) is 6.35. The largest absolute Gasteiger partial charge is 0.394 e. The second-order valence-corrected chi connectivity index (χ2v) is 3.22. The lowest BCUT2D eigenvalue weighted by atomic mass is 10.2. The number of rotatable bonds is 8. The average Bonchev–Trinajstić information content (AvgIpc) is 2.34. The molecule has 1 N–H and O–H groups in total. The third-order valence-corrected chi connectivity index (χ3v) is 1.93. The molecule has 0 aromatic heterocycles. The highest BCUT2D eigenvalue weighted by molar-refractivity contribution is 5.48. The van der Waals surface area contributed by atoms with Gasteiger partial charge in [0.05, 0.1) is 33.0 Å². The van der Waals surface area contributed by atoms with Gasteiger partial charge in [0.15, 0.2) is 0 Å². The molecule has 1 aromatic carbocycles. The lowest BCUT2D eigenvalue weighted by Crippen LogP contribution is -2.07. The van der Waals surface area contributed by atoms with Crippen LogP contribution < -0.4 is 0 Å². The number of aliphatic hydroxyl groups excluding tert-OH is 1. The van der Waals surface area contributed by atoms with Gasteiger partial charge in [0, 0.05) is 0 Å². The molecule has 0 aliphatic carbocycles. The topological polar surface area (TPSA) is 38.7 Å². The van der Waals surface area contributed by atoms with Gasteiger partial charge in [-0.05, 0) is 5.56 Å². The lowest BCUT2D eigenvalue weighted by Gasteiger charge is -2.01. The number of ether oxygens (including phenoxy) is 2. The SMILES string of the molecule is OCCOCCOCC=Cc1ccccc1. The molecule has 0 atom stereocenters. The molecular formula is C13H18O3. The summed E-state index contributed by atoms with van der Waals surface area (Å²) in [4.78, 5) is 0. The quantitative estimate of drug-likeness (QED) is 0.681. The molecule has 16 heavy (non-hydrogen) atoms. The van der Waals surface area contributed by atoms with Crippen molar-refractivity contribution in [1.29, 1.82) is 0 Å². The first-order valence-corrected chi connectivity index (χ1v) is 5.41. The highest BCUT2D eigenvalue weighted by Crippen LogP contribution is 2.00. The zero-order valence-electron chi connectivity index (χ0n) is 9.34. The summed E-state index contributed by atoms with van der Waals surface area (Å²) in [6, 6.07) is 10.1. The van der Waals surface area contributed by atoms with E-state index in [1.54, 1.807) is 0 Å². The van der Waals surface area contributed by atoms with Gasteiger partial charge in [0.2, 0.25) is 0 Å². The van der Waals surface area contributed by atoms with Crippen LogP contribution in [0.2, 0.25) is 0 Å². The lowest BCUT2D eigenvalue weighted by molar-refractivity contribution is 0.0412. The minimum absolute atomic E-state index is 0.0634. The van der Waals surface area contributed by atoms with Gasteiger partial charge in [-0.25, -0.2) is 0 Å². The van der Waals surface area contributed by atoms with E-state index in [2.05, 4.69) is 0 Å². The van der Waals surface area contributed by atoms with Crippen LogP contribution in [0.25, 0.3) is 6.08 Å². The van der Waals surface area contributed by atoms with Crippen LogP contribution in [0, 0.1) is 0 Å². The number of benzene rings is 1. The van der Waals surface area contributed by atoms with E-state index in [0.717, 1.165) is 0 Å². The van der Waals surface area contributed by atoms with E-state index in [4.69, 9.17) is 14.6 Å². The van der Waals surface area contributed by atoms with Crippen LogP contribution in [-0.2, 0) is 9.47 Å². The van der Waals surface area contributed by atoms with Gasteiger partial charge in [-0.3, -0.25) is 0 Å². The Kier molecular flexibility index (Phi) is 7.34. The van der Waals surface area contributed by atoms with E-state index >= 15 is 0 Å². The van der Waals surface area contributed by atoms with Crippen molar-refractivity contribution in [2.75, 3.05) is 33.0 Å². The van der Waals surface area contributed by atoms with Gasteiger partial charge in [-0.15, -0.1) is 0 Å². The van der Waals surface area contributed by atoms with Crippen molar-refractivity contribution < 1.29 is 14.6 Å². The summed E-state index contributed by atoms with van der Waals surface area (Å²) < 4.78 is 10.4. The van der Waals surface area contributed by atoms with Crippen LogP contribution in [0.15, 0.2) is 36.4 Å². The Bertz CT molecular complexity index is 282. The minimum atomic E-state index is 0.0634. The molecule has 88 valence electrons. The molecule has 0 bridgehead atoms. The summed E-state index contributed by atoms with van der Waals surface area (Å²) in [7, 11) is 0. The molecule has 0 unspecified atom stereocenters. The predicted molar refractivity (Wildman–Crippen MR) is 64.2 cm³/mol. The van der Waals surface area contributed by atoms with Gasteiger partial charge >= 0.3 is 0 Å². The van der Waals surface area contributed by atoms with Crippen LogP contribution >= 0.6 is 0 Å². The Morgan fingerprint density at radius 2 is 1.75 bits per heavy atom. The molecule has 0 radical (unpaired) electrons. The fourth-order valence-corrected chi connectivity index (χ4v) is 1.18. The van der Waals surface area contributed by atoms with Crippen LogP contribution in [-0.4, -0.2) is 38.1 Å². The minimum Gasteiger partial charge on any atom is -0.394 e. The molecule has 0 saturated carbocycles. The zero-order chi connectivity index (χ0) is 11.5. The molecule has 0 saturated heterocycles. The van der Waals surface area contributed by atoms with E-state index in [-0.39, 0.29) is 6.61 Å². The Morgan fingerprint density at radius 3 is 2.50 bits per heavy atom. The van der Waals surface area contributed by atoms with Crippen molar-refractivity contribution in [3.63, 3.8) is 0 Å². The van der Waals surface area contributed by atoms with Crippen molar-refractivity contribution in [2.45, 2.75) is 0 Å². The average molecular weight is 222 g/mol. The van der Waals surface area contributed by atoms with E-state index in [0.29, 0.717) is 26.4 Å². The van der Waals surface area contributed by atoms with E-state index in [9.17, 15) is 0 Å². The third-order valence-electron chi connectivity index (χ3n) is 1.93. The van der Waals surface area contributed by atoms with E-state index in [1.807, 2.05) is 42.5 Å². The van der Waals surface area contributed by atoms with E-state index < -0.39 is 0 Å². The Morgan fingerprint density at radius 1 is 1.00 bits per heavy atom. The highest BCUT2D eigenvalue weighted by Gasteiger charge is 1.87. The summed E-state index contributed by atoms with van der Waals surface area (Å²) in [6.07, 6.45) is 4.00. The Labute approximate surface area is 96.3 Å². The fraction of sp³-hybridized carbons (Fsp3) is 0.385. The summed E-state index contributed by atoms with van der Waals surface area (Å²) in [5.41, 5.74) is 1.17. The normalized spacial score (nSPS) is 11.1. The molecule has 0 aliphatic rings. The molecule has 0 heterocycles. The number of aliphatic hydroxyl groups is 1. The fourth-order valence-electron chi connectivity index (χ4n) is 1.18. The van der Waals surface area contributed by atoms with Crippen molar-refractivity contribution in [3.8, 4) is 0 Å². The maximum Gasteiger partial charge on any atom is 0.0704 e. The van der Waals surface area contributed by atoms with Gasteiger partial charge in [0.1, 0.15) is 0 Å². The van der Waals surface area contributed by atoms with Crippen molar-refractivity contribution in [1.82, 2.24) is 0 Å². The van der Waals surface area contributed by atoms with Gasteiger partial charge < -0.3 is 14.6 Å².